The lowest BCUT2D eigenvalue weighted by atomic mass is 9.84. The van der Waals surface area contributed by atoms with E-state index in [0.717, 1.165) is 30.6 Å². The maximum Gasteiger partial charge on any atom is 0.144 e. The lowest BCUT2D eigenvalue weighted by Crippen LogP contribution is -2.23. The first-order valence-electron chi connectivity index (χ1n) is 17.7. The summed E-state index contributed by atoms with van der Waals surface area (Å²) in [6.07, 6.45) is 12.6. The van der Waals surface area contributed by atoms with Crippen LogP contribution in [0, 0.1) is 0 Å². The zero-order valence-electron chi connectivity index (χ0n) is 27.4. The van der Waals surface area contributed by atoms with E-state index in [1.807, 2.05) is 11.3 Å². The molecule has 0 N–H and O–H groups in total. The van der Waals surface area contributed by atoms with Crippen LogP contribution in [0.15, 0.2) is 138 Å². The van der Waals surface area contributed by atoms with Crippen molar-refractivity contribution >= 4 is 82.9 Å². The van der Waals surface area contributed by atoms with Crippen molar-refractivity contribution in [1.82, 2.24) is 0 Å². The van der Waals surface area contributed by atoms with Gasteiger partial charge in [-0.05, 0) is 72.8 Å². The Morgan fingerprint density at radius 3 is 1.98 bits per heavy atom. The normalized spacial score (nSPS) is 15.4. The second kappa shape index (κ2) is 10.9. The Morgan fingerprint density at radius 2 is 1.24 bits per heavy atom. The number of benzene rings is 7. The van der Waals surface area contributed by atoms with Gasteiger partial charge in [-0.3, -0.25) is 0 Å². The number of thiophene rings is 1. The summed E-state index contributed by atoms with van der Waals surface area (Å²) in [7, 11) is 0. The van der Waals surface area contributed by atoms with Crippen molar-refractivity contribution < 1.29 is 4.42 Å². The van der Waals surface area contributed by atoms with Crippen LogP contribution >= 0.6 is 11.3 Å². The summed E-state index contributed by atoms with van der Waals surface area (Å²) in [5.41, 5.74) is 8.83. The van der Waals surface area contributed by atoms with Crippen LogP contribution in [0.3, 0.4) is 0 Å². The maximum atomic E-state index is 6.62. The minimum Gasteiger partial charge on any atom is -0.460 e. The molecular formula is C48H32OS. The van der Waals surface area contributed by atoms with Gasteiger partial charge in [0.15, 0.2) is 0 Å². The van der Waals surface area contributed by atoms with Crippen molar-refractivity contribution in [3.8, 4) is 22.3 Å². The van der Waals surface area contributed by atoms with Crippen LogP contribution in [-0.2, 0) is 6.42 Å². The molecule has 2 heterocycles. The van der Waals surface area contributed by atoms with Crippen molar-refractivity contribution in [3.05, 3.63) is 160 Å². The van der Waals surface area contributed by atoms with Gasteiger partial charge in [-0.25, -0.2) is 0 Å². The summed E-state index contributed by atoms with van der Waals surface area (Å²) in [4.78, 5) is 0. The second-order valence-electron chi connectivity index (χ2n) is 13.8. The fourth-order valence-electron chi connectivity index (χ4n) is 8.82. The minimum absolute atomic E-state index is 0.286. The van der Waals surface area contributed by atoms with Crippen LogP contribution in [0.1, 0.15) is 35.6 Å². The van der Waals surface area contributed by atoms with Gasteiger partial charge in [0.2, 0.25) is 0 Å². The highest BCUT2D eigenvalue weighted by molar-refractivity contribution is 7.18. The Labute approximate surface area is 293 Å². The zero-order chi connectivity index (χ0) is 32.8. The summed E-state index contributed by atoms with van der Waals surface area (Å²) in [6, 6.07) is 46.9. The van der Waals surface area contributed by atoms with E-state index in [4.69, 9.17) is 4.42 Å². The van der Waals surface area contributed by atoms with E-state index in [1.165, 1.54) is 90.9 Å². The van der Waals surface area contributed by atoms with Gasteiger partial charge < -0.3 is 4.42 Å². The highest BCUT2D eigenvalue weighted by Gasteiger charge is 2.24. The number of rotatable bonds is 3. The van der Waals surface area contributed by atoms with E-state index in [2.05, 4.69) is 152 Å². The molecule has 50 heavy (non-hydrogen) atoms. The molecule has 1 nitrogen and oxygen atoms in total. The molecule has 7 aromatic carbocycles. The van der Waals surface area contributed by atoms with Gasteiger partial charge >= 0.3 is 0 Å². The van der Waals surface area contributed by atoms with Crippen LogP contribution < -0.4 is 9.75 Å². The summed E-state index contributed by atoms with van der Waals surface area (Å²) >= 11 is 1.94. The molecule has 1 atom stereocenters. The molecule has 2 aliphatic carbocycles. The summed E-state index contributed by atoms with van der Waals surface area (Å²) in [5.74, 6) is 1.42. The third-order valence-corrected chi connectivity index (χ3v) is 12.2. The number of aryl methyl sites for hydroxylation is 1. The molecule has 1 unspecified atom stereocenters. The topological polar surface area (TPSA) is 13.1 Å². The Balaban J connectivity index is 1.13. The minimum atomic E-state index is 0.286. The third kappa shape index (κ3) is 4.06. The van der Waals surface area contributed by atoms with Crippen molar-refractivity contribution in [2.75, 3.05) is 0 Å². The first-order chi connectivity index (χ1) is 24.8. The molecule has 0 spiro atoms. The number of fused-ring (bicyclic) bond motifs is 12. The standard InChI is InChI=1S/C48H32OS/c1-2-13-29(14-3-1)43-33-17-4-6-19-35(33)44(36-20-7-5-18-34(36)43)32-16-12-15-30(27-32)31-25-26-42-40(28-31)45-37-21-8-9-22-38(37)47-46(48(45)50-42)39-23-10-11-24-41(39)49-47/h1-10,12-23,26-28,31H,11,24-25H2. The van der Waals surface area contributed by atoms with Crippen LogP contribution in [0.25, 0.3) is 93.9 Å². The lowest BCUT2D eigenvalue weighted by Gasteiger charge is -2.19. The van der Waals surface area contributed by atoms with Crippen molar-refractivity contribution in [3.63, 3.8) is 0 Å². The largest absolute Gasteiger partial charge is 0.460 e. The van der Waals surface area contributed by atoms with E-state index in [0.29, 0.717) is 0 Å². The molecule has 2 heteroatoms. The van der Waals surface area contributed by atoms with Crippen LogP contribution in [-0.4, -0.2) is 0 Å². The highest BCUT2D eigenvalue weighted by atomic mass is 32.1. The highest BCUT2D eigenvalue weighted by Crippen LogP contribution is 2.45. The van der Waals surface area contributed by atoms with E-state index < -0.39 is 0 Å². The molecule has 0 amide bonds. The molecule has 2 aliphatic rings. The predicted molar refractivity (Wildman–Crippen MR) is 214 cm³/mol. The van der Waals surface area contributed by atoms with Crippen LogP contribution in [0.2, 0.25) is 0 Å². The molecule has 9 aromatic rings. The quantitative estimate of drug-likeness (QED) is 0.173. The Morgan fingerprint density at radius 1 is 0.600 bits per heavy atom. The smallest absolute Gasteiger partial charge is 0.144 e. The number of hydrogen-bond donors (Lipinski definition) is 0. The van der Waals surface area contributed by atoms with E-state index in [1.54, 1.807) is 0 Å². The predicted octanol–water partition coefficient (Wildman–Crippen LogP) is 12.1. The summed E-state index contributed by atoms with van der Waals surface area (Å²) in [5, 5.41) is 11.7. The Kier molecular flexibility index (Phi) is 6.14. The lowest BCUT2D eigenvalue weighted by molar-refractivity contribution is 0.549. The van der Waals surface area contributed by atoms with Gasteiger partial charge in [-0.1, -0.05) is 152 Å². The second-order valence-corrected chi connectivity index (χ2v) is 14.8. The van der Waals surface area contributed by atoms with Crippen molar-refractivity contribution in [2.45, 2.75) is 25.2 Å². The third-order valence-electron chi connectivity index (χ3n) is 11.0. The fourth-order valence-corrected chi connectivity index (χ4v) is 10.1. The fraction of sp³-hybridized carbons (Fsp3) is 0.0833. The monoisotopic (exact) mass is 656 g/mol. The first kappa shape index (κ1) is 28.2. The van der Waals surface area contributed by atoms with Crippen LogP contribution in [0.4, 0.5) is 0 Å². The van der Waals surface area contributed by atoms with Gasteiger partial charge in [-0.2, -0.15) is 0 Å². The molecule has 0 fully saturated rings. The summed E-state index contributed by atoms with van der Waals surface area (Å²) in [6.45, 7) is 0. The summed E-state index contributed by atoms with van der Waals surface area (Å²) < 4.78 is 9.36. The molecule has 0 radical (unpaired) electrons. The molecule has 236 valence electrons. The first-order valence-corrected chi connectivity index (χ1v) is 18.5. The average molecular weight is 657 g/mol. The van der Waals surface area contributed by atoms with Crippen LogP contribution in [0.5, 0.6) is 0 Å². The molecule has 0 bridgehead atoms. The Hall–Kier alpha value is -5.70. The SMILES string of the molecule is C1=Cc2c(oc3c4ccccc4c4c5c(sc4c23)=CCC(c2cccc(-c3c4ccccc4c(-c4ccccc4)c4ccccc34)c2)C=5)CC1. The molecule has 2 aromatic heterocycles. The molecule has 0 saturated heterocycles. The van der Waals surface area contributed by atoms with Gasteiger partial charge in [-0.15, -0.1) is 11.3 Å². The maximum absolute atomic E-state index is 6.62. The van der Waals surface area contributed by atoms with Gasteiger partial charge in [0.25, 0.3) is 0 Å². The number of furan rings is 1. The molecule has 0 saturated carbocycles. The van der Waals surface area contributed by atoms with E-state index in [9.17, 15) is 0 Å². The molecule has 11 rings (SSSR count). The molecule has 0 aliphatic heterocycles. The Bertz CT molecular complexity index is 2950. The zero-order valence-corrected chi connectivity index (χ0v) is 28.3. The van der Waals surface area contributed by atoms with E-state index in [-0.39, 0.29) is 5.92 Å². The van der Waals surface area contributed by atoms with Gasteiger partial charge in [0.05, 0.1) is 0 Å². The van der Waals surface area contributed by atoms with Gasteiger partial charge in [0.1, 0.15) is 11.3 Å². The van der Waals surface area contributed by atoms with Gasteiger partial charge in [0, 0.05) is 43.3 Å². The average Bonchev–Trinajstić information content (AvgIpc) is 3.76. The molecular weight excluding hydrogens is 625 g/mol. The number of hydrogen-bond acceptors (Lipinski definition) is 2. The van der Waals surface area contributed by atoms with Crippen molar-refractivity contribution in [2.24, 2.45) is 0 Å². The number of allylic oxidation sites excluding steroid dienone is 1. The van der Waals surface area contributed by atoms with Crippen molar-refractivity contribution in [1.29, 1.82) is 0 Å². The van der Waals surface area contributed by atoms with E-state index >= 15 is 0 Å².